The maximum atomic E-state index is 10.2. The van der Waals surface area contributed by atoms with Gasteiger partial charge in [0.1, 0.15) is 5.75 Å². The van der Waals surface area contributed by atoms with E-state index in [1.165, 1.54) is 18.2 Å². The molecule has 0 fully saturated rings. The van der Waals surface area contributed by atoms with Crippen molar-refractivity contribution in [3.63, 3.8) is 0 Å². The topological polar surface area (TPSA) is 72.4 Å². The second-order valence-corrected chi connectivity index (χ2v) is 3.11. The van der Waals surface area contributed by atoms with E-state index in [1.54, 1.807) is 0 Å². The van der Waals surface area contributed by atoms with E-state index in [9.17, 15) is 8.76 Å². The Kier molecular flexibility index (Phi) is 2.91. The Labute approximate surface area is 76.6 Å². The standard InChI is InChI=1S/C6H6ClNO3S/c7-4-1-2-5(6(9)3-4)8-12(10)11/h1-3,8-9H,(H,10,11)/p-1. The van der Waals surface area contributed by atoms with Crippen LogP contribution in [0.2, 0.25) is 5.02 Å². The third-order valence-corrected chi connectivity index (χ3v) is 1.77. The van der Waals surface area contributed by atoms with Crippen molar-refractivity contribution in [1.29, 1.82) is 0 Å². The first-order chi connectivity index (χ1) is 5.59. The molecular formula is C6H5ClNO3S-. The molecule has 1 unspecified atom stereocenters. The SMILES string of the molecule is O=S([O-])Nc1ccc(Cl)cc1O. The van der Waals surface area contributed by atoms with Crippen LogP contribution in [0.5, 0.6) is 5.75 Å². The highest BCUT2D eigenvalue weighted by Gasteiger charge is 1.99. The molecule has 4 nitrogen and oxygen atoms in total. The number of phenols is 1. The summed E-state index contributed by atoms with van der Waals surface area (Å²) in [6, 6.07) is 4.08. The molecule has 0 saturated carbocycles. The van der Waals surface area contributed by atoms with Crippen molar-refractivity contribution in [1.82, 2.24) is 0 Å². The number of halogens is 1. The molecule has 0 aliphatic rings. The predicted molar refractivity (Wildman–Crippen MR) is 45.7 cm³/mol. The van der Waals surface area contributed by atoms with Crippen LogP contribution in [0.25, 0.3) is 0 Å². The highest BCUT2D eigenvalue weighted by atomic mass is 35.5. The van der Waals surface area contributed by atoms with Crippen molar-refractivity contribution in [2.75, 3.05) is 4.72 Å². The quantitative estimate of drug-likeness (QED) is 0.565. The third-order valence-electron chi connectivity index (χ3n) is 1.15. The van der Waals surface area contributed by atoms with Gasteiger partial charge in [0.25, 0.3) is 0 Å². The van der Waals surface area contributed by atoms with E-state index in [0.717, 1.165) is 0 Å². The molecule has 0 spiro atoms. The average molecular weight is 207 g/mol. The molecule has 0 radical (unpaired) electrons. The van der Waals surface area contributed by atoms with E-state index in [4.69, 9.17) is 16.7 Å². The van der Waals surface area contributed by atoms with Crippen molar-refractivity contribution in [2.24, 2.45) is 0 Å². The van der Waals surface area contributed by atoms with Gasteiger partial charge in [0.05, 0.1) is 5.69 Å². The van der Waals surface area contributed by atoms with Gasteiger partial charge in [-0.3, -0.25) is 4.21 Å². The lowest BCUT2D eigenvalue weighted by atomic mass is 10.3. The Hall–Kier alpha value is -0.780. The van der Waals surface area contributed by atoms with Crippen LogP contribution >= 0.6 is 11.6 Å². The van der Waals surface area contributed by atoms with Crippen LogP contribution < -0.4 is 4.72 Å². The zero-order valence-electron chi connectivity index (χ0n) is 5.78. The first kappa shape index (κ1) is 9.31. The lowest BCUT2D eigenvalue weighted by Gasteiger charge is -2.09. The van der Waals surface area contributed by atoms with E-state index in [2.05, 4.69) is 0 Å². The molecule has 0 aromatic heterocycles. The normalized spacial score (nSPS) is 12.5. The van der Waals surface area contributed by atoms with Gasteiger partial charge < -0.3 is 14.4 Å². The lowest BCUT2D eigenvalue weighted by molar-refractivity contribution is 0.477. The first-order valence-corrected chi connectivity index (χ1v) is 4.39. The van der Waals surface area contributed by atoms with Crippen molar-refractivity contribution < 1.29 is 13.9 Å². The number of anilines is 1. The van der Waals surface area contributed by atoms with Crippen molar-refractivity contribution in [2.45, 2.75) is 0 Å². The van der Waals surface area contributed by atoms with E-state index in [-0.39, 0.29) is 11.4 Å². The van der Waals surface area contributed by atoms with Crippen LogP contribution in [0.15, 0.2) is 18.2 Å². The number of nitrogens with one attached hydrogen (secondary N) is 1. The van der Waals surface area contributed by atoms with Gasteiger partial charge in [-0.2, -0.15) is 0 Å². The smallest absolute Gasteiger partial charge is 0.141 e. The Morgan fingerprint density at radius 3 is 2.75 bits per heavy atom. The molecule has 1 rings (SSSR count). The summed E-state index contributed by atoms with van der Waals surface area (Å²) >= 11 is 3.08. The minimum absolute atomic E-state index is 0.104. The maximum absolute atomic E-state index is 10.2. The monoisotopic (exact) mass is 206 g/mol. The lowest BCUT2D eigenvalue weighted by Crippen LogP contribution is -2.01. The second kappa shape index (κ2) is 3.75. The molecule has 0 amide bonds. The molecule has 2 N–H and O–H groups in total. The Morgan fingerprint density at radius 1 is 1.58 bits per heavy atom. The minimum Gasteiger partial charge on any atom is -0.755 e. The van der Waals surface area contributed by atoms with Gasteiger partial charge in [0.2, 0.25) is 0 Å². The fourth-order valence-corrected chi connectivity index (χ4v) is 1.20. The molecule has 0 bridgehead atoms. The molecule has 1 aromatic rings. The summed E-state index contributed by atoms with van der Waals surface area (Å²) < 4.78 is 22.3. The van der Waals surface area contributed by atoms with Gasteiger partial charge in [-0.15, -0.1) is 0 Å². The summed E-state index contributed by atoms with van der Waals surface area (Å²) in [7, 11) is 0. The summed E-state index contributed by atoms with van der Waals surface area (Å²) in [5.74, 6) is -0.202. The maximum Gasteiger partial charge on any atom is 0.141 e. The molecular weight excluding hydrogens is 202 g/mol. The average Bonchev–Trinajstić information content (AvgIpc) is 1.94. The molecule has 12 heavy (non-hydrogen) atoms. The predicted octanol–water partition coefficient (Wildman–Crippen LogP) is 1.25. The Bertz CT molecular complexity index is 318. The summed E-state index contributed by atoms with van der Waals surface area (Å²) in [4.78, 5) is 0. The minimum atomic E-state index is -2.44. The Balaban J connectivity index is 2.93. The largest absolute Gasteiger partial charge is 0.755 e. The number of hydrogen-bond donors (Lipinski definition) is 2. The van der Waals surface area contributed by atoms with Crippen LogP contribution in [-0.2, 0) is 11.3 Å². The van der Waals surface area contributed by atoms with Gasteiger partial charge >= 0.3 is 0 Å². The molecule has 6 heteroatoms. The van der Waals surface area contributed by atoms with Gasteiger partial charge in [0.15, 0.2) is 0 Å². The number of phenolic OH excluding ortho intramolecular Hbond substituents is 1. The van der Waals surface area contributed by atoms with Gasteiger partial charge in [-0.05, 0) is 12.1 Å². The first-order valence-electron chi connectivity index (χ1n) is 2.94. The summed E-state index contributed by atoms with van der Waals surface area (Å²) in [6.45, 7) is 0. The summed E-state index contributed by atoms with van der Waals surface area (Å²) in [5.41, 5.74) is 0.104. The van der Waals surface area contributed by atoms with E-state index in [0.29, 0.717) is 5.02 Å². The molecule has 0 heterocycles. The number of aromatic hydroxyl groups is 1. The zero-order chi connectivity index (χ0) is 9.14. The second-order valence-electron chi connectivity index (χ2n) is 2.00. The number of rotatable bonds is 2. The van der Waals surface area contributed by atoms with Gasteiger partial charge in [-0.25, -0.2) is 0 Å². The molecule has 0 saturated heterocycles. The zero-order valence-corrected chi connectivity index (χ0v) is 7.35. The fraction of sp³-hybridized carbons (Fsp3) is 0. The van der Waals surface area contributed by atoms with Crippen molar-refractivity contribution in [3.05, 3.63) is 23.2 Å². The Morgan fingerprint density at radius 2 is 2.25 bits per heavy atom. The summed E-state index contributed by atoms with van der Waals surface area (Å²) in [6.07, 6.45) is 0. The van der Waals surface area contributed by atoms with Crippen molar-refractivity contribution >= 4 is 28.6 Å². The van der Waals surface area contributed by atoms with E-state index < -0.39 is 11.3 Å². The highest BCUT2D eigenvalue weighted by Crippen LogP contribution is 2.26. The van der Waals surface area contributed by atoms with E-state index >= 15 is 0 Å². The van der Waals surface area contributed by atoms with Crippen LogP contribution in [0.4, 0.5) is 5.69 Å². The fourth-order valence-electron chi connectivity index (χ4n) is 0.681. The molecule has 0 aliphatic heterocycles. The number of benzene rings is 1. The van der Waals surface area contributed by atoms with Crippen LogP contribution in [-0.4, -0.2) is 13.9 Å². The van der Waals surface area contributed by atoms with E-state index in [1.807, 2.05) is 4.72 Å². The molecule has 1 aromatic carbocycles. The van der Waals surface area contributed by atoms with Crippen LogP contribution in [0.3, 0.4) is 0 Å². The van der Waals surface area contributed by atoms with Crippen LogP contribution in [0, 0.1) is 0 Å². The third kappa shape index (κ3) is 2.37. The highest BCUT2D eigenvalue weighted by molar-refractivity contribution is 7.80. The molecule has 0 aliphatic carbocycles. The summed E-state index contributed by atoms with van der Waals surface area (Å²) in [5, 5.41) is 9.46. The van der Waals surface area contributed by atoms with Gasteiger partial charge in [0, 0.05) is 22.4 Å². The molecule has 66 valence electrons. The van der Waals surface area contributed by atoms with Gasteiger partial charge in [-0.1, -0.05) is 11.6 Å². The van der Waals surface area contributed by atoms with Crippen molar-refractivity contribution in [3.8, 4) is 5.75 Å². The molecule has 1 atom stereocenters. The number of hydrogen-bond acceptors (Lipinski definition) is 3. The van der Waals surface area contributed by atoms with Crippen LogP contribution in [0.1, 0.15) is 0 Å².